The fourth-order valence-corrected chi connectivity index (χ4v) is 3.04. The summed E-state index contributed by atoms with van der Waals surface area (Å²) in [6.45, 7) is 3.93. The largest absolute Gasteiger partial charge is 0.493 e. The molecule has 0 aliphatic heterocycles. The molecule has 0 saturated heterocycles. The summed E-state index contributed by atoms with van der Waals surface area (Å²) in [5, 5.41) is 15.0. The summed E-state index contributed by atoms with van der Waals surface area (Å²) < 4.78 is 12.9. The highest BCUT2D eigenvalue weighted by Gasteiger charge is 2.07. The zero-order valence-electron chi connectivity index (χ0n) is 17.2. The Labute approximate surface area is 171 Å². The molecule has 0 saturated carbocycles. The van der Waals surface area contributed by atoms with E-state index in [4.69, 9.17) is 9.47 Å². The van der Waals surface area contributed by atoms with Crippen molar-refractivity contribution in [3.63, 3.8) is 0 Å². The van der Waals surface area contributed by atoms with E-state index in [1.807, 2.05) is 47.9 Å². The molecule has 3 aromatic rings. The predicted molar refractivity (Wildman–Crippen MR) is 114 cm³/mol. The van der Waals surface area contributed by atoms with Gasteiger partial charge in [0, 0.05) is 19.8 Å². The van der Waals surface area contributed by atoms with Crippen molar-refractivity contribution in [1.29, 1.82) is 0 Å². The Morgan fingerprint density at radius 1 is 1.14 bits per heavy atom. The summed E-state index contributed by atoms with van der Waals surface area (Å²) in [5.41, 5.74) is 2.05. The van der Waals surface area contributed by atoms with Gasteiger partial charge in [0.05, 0.1) is 20.3 Å². The van der Waals surface area contributed by atoms with Crippen LogP contribution in [0.5, 0.6) is 11.5 Å². The molecule has 3 rings (SSSR count). The lowest BCUT2D eigenvalue weighted by atomic mass is 10.1. The number of aryl methyl sites for hydroxylation is 1. The minimum atomic E-state index is 0.543. The van der Waals surface area contributed by atoms with E-state index >= 15 is 0 Å². The lowest BCUT2D eigenvalue weighted by Gasteiger charge is -2.13. The predicted octanol–water partition coefficient (Wildman–Crippen LogP) is 2.43. The molecule has 0 aliphatic carbocycles. The average Bonchev–Trinajstić information content (AvgIpc) is 3.17. The second kappa shape index (κ2) is 10.3. The molecule has 0 radical (unpaired) electrons. The van der Waals surface area contributed by atoms with Crippen molar-refractivity contribution in [2.45, 2.75) is 26.3 Å². The van der Waals surface area contributed by atoms with Crippen LogP contribution in [0.2, 0.25) is 0 Å². The fourth-order valence-electron chi connectivity index (χ4n) is 3.04. The summed E-state index contributed by atoms with van der Waals surface area (Å²) in [5.74, 6) is 3.13. The number of nitrogens with one attached hydrogen (secondary N) is 2. The molecule has 2 heterocycles. The van der Waals surface area contributed by atoms with E-state index < -0.39 is 0 Å². The van der Waals surface area contributed by atoms with Crippen molar-refractivity contribution in [1.82, 2.24) is 25.2 Å². The zero-order chi connectivity index (χ0) is 20.5. The van der Waals surface area contributed by atoms with E-state index in [1.54, 1.807) is 14.2 Å². The van der Waals surface area contributed by atoms with E-state index in [9.17, 15) is 0 Å². The monoisotopic (exact) mass is 396 g/mol. The van der Waals surface area contributed by atoms with Gasteiger partial charge >= 0.3 is 0 Å². The molecule has 154 valence electrons. The van der Waals surface area contributed by atoms with Crippen LogP contribution in [0, 0.1) is 0 Å². The molecule has 1 aromatic carbocycles. The minimum absolute atomic E-state index is 0.543. The van der Waals surface area contributed by atoms with E-state index in [1.165, 1.54) is 5.56 Å². The number of aliphatic imine (C=N–C) groups is 1. The second-order valence-electron chi connectivity index (χ2n) is 6.42. The van der Waals surface area contributed by atoms with Gasteiger partial charge in [-0.25, -0.2) is 0 Å². The molecule has 0 spiro atoms. The minimum Gasteiger partial charge on any atom is -0.493 e. The highest BCUT2D eigenvalue weighted by atomic mass is 16.5. The first-order chi connectivity index (χ1) is 14.2. The Kier molecular flexibility index (Phi) is 7.27. The van der Waals surface area contributed by atoms with Crippen LogP contribution in [0.25, 0.3) is 5.65 Å². The van der Waals surface area contributed by atoms with Gasteiger partial charge in [-0.15, -0.1) is 10.2 Å². The van der Waals surface area contributed by atoms with Gasteiger partial charge in [-0.05, 0) is 49.6 Å². The molecule has 0 amide bonds. The van der Waals surface area contributed by atoms with Crippen LogP contribution in [0.1, 0.15) is 24.7 Å². The maximum Gasteiger partial charge on any atom is 0.191 e. The molecule has 0 bridgehead atoms. The third-order valence-electron chi connectivity index (χ3n) is 4.48. The zero-order valence-corrected chi connectivity index (χ0v) is 17.2. The number of methoxy groups -OCH3 is 1. The number of fused-ring (bicyclic) bond motifs is 1. The molecule has 2 aromatic heterocycles. The van der Waals surface area contributed by atoms with Crippen LogP contribution < -0.4 is 20.1 Å². The number of hydrogen-bond acceptors (Lipinski definition) is 5. The van der Waals surface area contributed by atoms with Crippen LogP contribution in [0.4, 0.5) is 0 Å². The van der Waals surface area contributed by atoms with Gasteiger partial charge in [-0.3, -0.25) is 9.39 Å². The Balaban J connectivity index is 1.46. The maximum absolute atomic E-state index is 5.65. The fraction of sp³-hybridized carbons (Fsp3) is 0.381. The number of pyridine rings is 1. The third-order valence-corrected chi connectivity index (χ3v) is 4.48. The SMILES string of the molecule is CCOc1cc(CCCNC(=NC)NCc2nnc3ccccn23)ccc1OC. The van der Waals surface area contributed by atoms with Gasteiger partial charge in [0.15, 0.2) is 28.9 Å². The van der Waals surface area contributed by atoms with Crippen LogP contribution in [-0.2, 0) is 13.0 Å². The average molecular weight is 396 g/mol. The summed E-state index contributed by atoms with van der Waals surface area (Å²) in [6, 6.07) is 11.9. The van der Waals surface area contributed by atoms with Gasteiger partial charge in [0.1, 0.15) is 0 Å². The molecule has 8 nitrogen and oxygen atoms in total. The molecular weight excluding hydrogens is 368 g/mol. The van der Waals surface area contributed by atoms with Crippen LogP contribution in [0.3, 0.4) is 0 Å². The summed E-state index contributed by atoms with van der Waals surface area (Å²) >= 11 is 0. The van der Waals surface area contributed by atoms with Gasteiger partial charge in [0.2, 0.25) is 0 Å². The Bertz CT molecular complexity index is 953. The Morgan fingerprint density at radius 3 is 2.83 bits per heavy atom. The quantitative estimate of drug-likeness (QED) is 0.328. The molecule has 29 heavy (non-hydrogen) atoms. The van der Waals surface area contributed by atoms with Crippen molar-refractivity contribution in [2.24, 2.45) is 4.99 Å². The van der Waals surface area contributed by atoms with Gasteiger partial charge in [-0.1, -0.05) is 12.1 Å². The number of rotatable bonds is 9. The molecule has 0 fully saturated rings. The number of benzene rings is 1. The molecule has 0 unspecified atom stereocenters. The lowest BCUT2D eigenvalue weighted by Crippen LogP contribution is -2.37. The van der Waals surface area contributed by atoms with E-state index in [0.29, 0.717) is 13.2 Å². The second-order valence-corrected chi connectivity index (χ2v) is 6.42. The van der Waals surface area contributed by atoms with Crippen molar-refractivity contribution in [2.75, 3.05) is 27.3 Å². The first kappa shape index (κ1) is 20.4. The number of aromatic nitrogens is 3. The maximum atomic E-state index is 5.65. The number of hydrogen-bond donors (Lipinski definition) is 2. The van der Waals surface area contributed by atoms with E-state index in [-0.39, 0.29) is 0 Å². The molecule has 8 heteroatoms. The normalized spacial score (nSPS) is 11.5. The first-order valence-corrected chi connectivity index (χ1v) is 9.78. The Morgan fingerprint density at radius 2 is 2.03 bits per heavy atom. The molecule has 0 atom stereocenters. The molecule has 0 aliphatic rings. The summed E-state index contributed by atoms with van der Waals surface area (Å²) in [6.07, 6.45) is 3.85. The van der Waals surface area contributed by atoms with Crippen molar-refractivity contribution in [3.8, 4) is 11.5 Å². The highest BCUT2D eigenvalue weighted by Crippen LogP contribution is 2.28. The summed E-state index contributed by atoms with van der Waals surface area (Å²) in [7, 11) is 3.41. The van der Waals surface area contributed by atoms with Crippen molar-refractivity contribution >= 4 is 11.6 Å². The van der Waals surface area contributed by atoms with Crippen LogP contribution in [0.15, 0.2) is 47.6 Å². The van der Waals surface area contributed by atoms with E-state index in [2.05, 4.69) is 31.9 Å². The number of nitrogens with zero attached hydrogens (tertiary/aromatic N) is 4. The van der Waals surface area contributed by atoms with Gasteiger partial charge in [-0.2, -0.15) is 0 Å². The number of guanidine groups is 1. The van der Waals surface area contributed by atoms with Crippen LogP contribution >= 0.6 is 0 Å². The Hall–Kier alpha value is -3.29. The van der Waals surface area contributed by atoms with Crippen molar-refractivity contribution < 1.29 is 9.47 Å². The van der Waals surface area contributed by atoms with Gasteiger partial charge < -0.3 is 20.1 Å². The lowest BCUT2D eigenvalue weighted by molar-refractivity contribution is 0.310. The topological polar surface area (TPSA) is 85.1 Å². The smallest absolute Gasteiger partial charge is 0.191 e. The van der Waals surface area contributed by atoms with Crippen molar-refractivity contribution in [3.05, 3.63) is 54.0 Å². The number of ether oxygens (including phenoxy) is 2. The van der Waals surface area contributed by atoms with Crippen LogP contribution in [-0.4, -0.2) is 47.9 Å². The van der Waals surface area contributed by atoms with E-state index in [0.717, 1.165) is 48.3 Å². The van der Waals surface area contributed by atoms with Gasteiger partial charge in [0.25, 0.3) is 0 Å². The molecule has 2 N–H and O–H groups in total. The standard InChI is InChI=1S/C21H28N6O2/c1-4-29-18-14-16(10-11-17(18)28-3)8-7-12-23-21(22-2)24-15-20-26-25-19-9-5-6-13-27(19)20/h5-6,9-11,13-14H,4,7-8,12,15H2,1-3H3,(H2,22,23,24). The molecular formula is C21H28N6O2. The first-order valence-electron chi connectivity index (χ1n) is 9.78. The highest BCUT2D eigenvalue weighted by molar-refractivity contribution is 5.79. The summed E-state index contributed by atoms with van der Waals surface area (Å²) in [4.78, 5) is 4.27. The third kappa shape index (κ3) is 5.37.